The molecule has 2 spiro atoms. The fraction of sp³-hybridized carbons (Fsp3) is 0.486. The fourth-order valence-electron chi connectivity index (χ4n) is 7.78. The predicted octanol–water partition coefficient (Wildman–Crippen LogP) is 5.12. The van der Waals surface area contributed by atoms with E-state index in [0.717, 1.165) is 70.3 Å². The Morgan fingerprint density at radius 1 is 1.09 bits per heavy atom. The van der Waals surface area contributed by atoms with Gasteiger partial charge in [-0.2, -0.15) is 4.98 Å². The molecule has 0 radical (unpaired) electrons. The number of rotatable bonds is 6. The molecule has 0 bridgehead atoms. The van der Waals surface area contributed by atoms with E-state index in [2.05, 4.69) is 33.7 Å². The minimum Gasteiger partial charge on any atom is -0.386 e. The van der Waals surface area contributed by atoms with Crippen molar-refractivity contribution in [3.05, 3.63) is 76.6 Å². The highest BCUT2D eigenvalue weighted by atomic mass is 19.1. The Bertz CT molecular complexity index is 1930. The molecule has 11 heteroatoms. The van der Waals surface area contributed by atoms with Crippen LogP contribution in [0.2, 0.25) is 0 Å². The second-order valence-electron chi connectivity index (χ2n) is 13.8. The van der Waals surface area contributed by atoms with Crippen molar-refractivity contribution in [2.75, 3.05) is 43.4 Å². The number of hydrogen-bond acceptors (Lipinski definition) is 8. The average molecular weight is 626 g/mol. The maximum absolute atomic E-state index is 15.5. The fourth-order valence-corrected chi connectivity index (χ4v) is 7.78. The van der Waals surface area contributed by atoms with Gasteiger partial charge in [-0.25, -0.2) is 23.7 Å². The van der Waals surface area contributed by atoms with Gasteiger partial charge in [0.1, 0.15) is 17.3 Å². The number of allylic oxidation sites excluding steroid dienone is 1. The Morgan fingerprint density at radius 3 is 2.57 bits per heavy atom. The zero-order valence-electron chi connectivity index (χ0n) is 27.3. The van der Waals surface area contributed by atoms with Gasteiger partial charge in [0.05, 0.1) is 19.3 Å². The summed E-state index contributed by atoms with van der Waals surface area (Å²) >= 11 is 0. The third-order valence-corrected chi connectivity index (χ3v) is 11.0. The standard InChI is InChI=1S/C35H41FN8O2/c1-3-16-43-32(46)25-22-37-33(40-31(25)44(43)28-7-4-23-8-9-35(10-11-35)30(45)29(23)39-28)38-24-5-6-27(26(36)21-24)42-19-14-34(15-20-42)12-17-41(2)18-13-34/h3-7,21-22,30,45H,1,8-20H2,2H3,(H,37,38,40)/t30-/m0/s1/i30D. The maximum atomic E-state index is 15.5. The molecule has 0 amide bonds. The zero-order chi connectivity index (χ0) is 32.6. The van der Waals surface area contributed by atoms with Crippen LogP contribution in [0.25, 0.3) is 16.9 Å². The Labute approximate surface area is 269 Å². The first-order valence-corrected chi connectivity index (χ1v) is 16.4. The predicted molar refractivity (Wildman–Crippen MR) is 176 cm³/mol. The largest absolute Gasteiger partial charge is 0.386 e. The molecule has 0 unspecified atom stereocenters. The molecular formula is C35H41FN8O2. The van der Waals surface area contributed by atoms with Crippen LogP contribution in [-0.4, -0.2) is 67.5 Å². The van der Waals surface area contributed by atoms with Crippen LogP contribution in [0.3, 0.4) is 0 Å². The monoisotopic (exact) mass is 625 g/mol. The van der Waals surface area contributed by atoms with E-state index >= 15 is 4.39 Å². The Kier molecular flexibility index (Phi) is 6.74. The number of nitrogens with zero attached hydrogens (tertiary/aromatic N) is 7. The number of aliphatic hydroxyl groups is 1. The Balaban J connectivity index is 1.08. The van der Waals surface area contributed by atoms with Gasteiger partial charge < -0.3 is 20.2 Å². The lowest BCUT2D eigenvalue weighted by atomic mass is 9.71. The van der Waals surface area contributed by atoms with E-state index in [1.807, 2.05) is 18.2 Å². The molecule has 2 N–H and O–H groups in total. The summed E-state index contributed by atoms with van der Waals surface area (Å²) in [6, 6.07) is 8.77. The van der Waals surface area contributed by atoms with Crippen LogP contribution in [0, 0.1) is 16.6 Å². The third kappa shape index (κ3) is 4.91. The first-order valence-electron chi connectivity index (χ1n) is 16.9. The highest BCUT2D eigenvalue weighted by molar-refractivity contribution is 5.77. The van der Waals surface area contributed by atoms with Gasteiger partial charge in [0.2, 0.25) is 5.95 Å². The number of aryl methyl sites for hydroxylation is 1. The molecule has 8 rings (SSSR count). The summed E-state index contributed by atoms with van der Waals surface area (Å²) in [5, 5.41) is 14.7. The van der Waals surface area contributed by atoms with Crippen LogP contribution in [0.5, 0.6) is 0 Å². The number of aromatic nitrogens is 5. The summed E-state index contributed by atoms with van der Waals surface area (Å²) in [7, 11) is 2.18. The lowest BCUT2D eigenvalue weighted by Crippen LogP contribution is -2.46. The first kappa shape index (κ1) is 28.2. The smallest absolute Gasteiger partial charge is 0.278 e. The quantitative estimate of drug-likeness (QED) is 0.285. The molecule has 5 heterocycles. The van der Waals surface area contributed by atoms with E-state index in [4.69, 9.17) is 11.3 Å². The number of benzene rings is 1. The second-order valence-corrected chi connectivity index (χ2v) is 13.8. The summed E-state index contributed by atoms with van der Waals surface area (Å²) in [4.78, 5) is 31.9. The Hall–Kier alpha value is -4.09. The normalized spacial score (nSPS) is 23.8. The van der Waals surface area contributed by atoms with Crippen molar-refractivity contribution in [1.29, 1.82) is 0 Å². The number of likely N-dealkylation sites (tertiary alicyclic amines) is 1. The average Bonchev–Trinajstić information content (AvgIpc) is 3.82. The first-order chi connectivity index (χ1) is 22.6. The molecule has 1 atom stereocenters. The van der Waals surface area contributed by atoms with E-state index in [1.165, 1.54) is 29.8 Å². The molecule has 4 aromatic rings. The van der Waals surface area contributed by atoms with Gasteiger partial charge in [0.15, 0.2) is 11.5 Å². The van der Waals surface area contributed by atoms with Gasteiger partial charge in [0, 0.05) is 30.4 Å². The number of hydrogen-bond donors (Lipinski definition) is 2. The summed E-state index contributed by atoms with van der Waals surface area (Å²) in [5.74, 6) is 0.256. The molecule has 240 valence electrons. The van der Waals surface area contributed by atoms with Gasteiger partial charge in [0.25, 0.3) is 5.56 Å². The number of fused-ring (bicyclic) bond motifs is 2. The molecule has 3 fully saturated rings. The maximum Gasteiger partial charge on any atom is 0.278 e. The molecule has 3 aromatic heterocycles. The molecule has 1 aromatic carbocycles. The van der Waals surface area contributed by atoms with E-state index in [-0.39, 0.29) is 29.3 Å². The summed E-state index contributed by atoms with van der Waals surface area (Å²) in [6.45, 7) is 7.97. The second kappa shape index (κ2) is 11.0. The van der Waals surface area contributed by atoms with Crippen LogP contribution >= 0.6 is 0 Å². The Morgan fingerprint density at radius 2 is 1.85 bits per heavy atom. The molecule has 4 aliphatic rings. The topological polar surface area (TPSA) is 104 Å². The van der Waals surface area contributed by atoms with Crippen LogP contribution in [0.15, 0.2) is 54.0 Å². The van der Waals surface area contributed by atoms with Crippen LogP contribution in [0.4, 0.5) is 21.7 Å². The van der Waals surface area contributed by atoms with E-state index in [1.54, 1.807) is 16.8 Å². The van der Waals surface area contributed by atoms with E-state index in [0.29, 0.717) is 33.9 Å². The van der Waals surface area contributed by atoms with Crippen molar-refractivity contribution < 1.29 is 10.9 Å². The van der Waals surface area contributed by atoms with Crippen molar-refractivity contribution in [3.63, 3.8) is 0 Å². The van der Waals surface area contributed by atoms with Gasteiger partial charge in [-0.15, -0.1) is 6.58 Å². The van der Waals surface area contributed by atoms with Gasteiger partial charge >= 0.3 is 0 Å². The number of pyridine rings is 1. The van der Waals surface area contributed by atoms with Gasteiger partial charge in [-0.3, -0.25) is 4.79 Å². The van der Waals surface area contributed by atoms with E-state index < -0.39 is 11.5 Å². The molecule has 2 aliphatic carbocycles. The summed E-state index contributed by atoms with van der Waals surface area (Å²) in [6.07, 6.45) is 8.97. The van der Waals surface area contributed by atoms with Gasteiger partial charge in [-0.05, 0) is 107 Å². The molecule has 1 saturated carbocycles. The van der Waals surface area contributed by atoms with Crippen molar-refractivity contribution in [2.45, 2.75) is 64.0 Å². The lowest BCUT2D eigenvalue weighted by molar-refractivity contribution is 0.0734. The number of halogens is 1. The highest BCUT2D eigenvalue weighted by Gasteiger charge is 2.52. The molecule has 2 aliphatic heterocycles. The minimum absolute atomic E-state index is 0.188. The zero-order valence-corrected chi connectivity index (χ0v) is 26.3. The van der Waals surface area contributed by atoms with Crippen molar-refractivity contribution >= 4 is 28.4 Å². The van der Waals surface area contributed by atoms with Crippen LogP contribution < -0.4 is 15.8 Å². The number of piperidine rings is 2. The van der Waals surface area contributed by atoms with Crippen LogP contribution in [-0.2, 0) is 13.0 Å². The van der Waals surface area contributed by atoms with Crippen LogP contribution in [0.1, 0.15) is 63.7 Å². The number of anilines is 3. The molecule has 10 nitrogen and oxygen atoms in total. The summed E-state index contributed by atoms with van der Waals surface area (Å²) in [5.41, 5.74) is 2.19. The lowest BCUT2D eigenvalue weighted by Gasteiger charge is -2.46. The molecule has 46 heavy (non-hydrogen) atoms. The van der Waals surface area contributed by atoms with Gasteiger partial charge in [-0.1, -0.05) is 12.1 Å². The minimum atomic E-state index is -1.80. The molecule has 2 saturated heterocycles. The summed E-state index contributed by atoms with van der Waals surface area (Å²) < 4.78 is 27.5. The van der Waals surface area contributed by atoms with Crippen molar-refractivity contribution in [3.8, 4) is 5.82 Å². The SMILES string of the molecule is [2H][C@]1(O)c2nc(-n3c4nc(Nc5ccc(N6CCC7(CCN(C)CC7)CC6)c(F)c5)ncc4c(=O)n3CC=C)ccc2CCC12CC2. The highest BCUT2D eigenvalue weighted by Crippen LogP contribution is 2.60. The third-order valence-electron chi connectivity index (χ3n) is 11.0. The molecular weight excluding hydrogens is 583 g/mol. The number of nitrogens with one attached hydrogen (secondary N) is 1. The van der Waals surface area contributed by atoms with Crippen molar-refractivity contribution in [2.24, 2.45) is 10.8 Å². The van der Waals surface area contributed by atoms with E-state index in [9.17, 15) is 9.90 Å². The van der Waals surface area contributed by atoms with Crippen molar-refractivity contribution in [1.82, 2.24) is 29.2 Å².